The highest BCUT2D eigenvalue weighted by molar-refractivity contribution is 5.74. The van der Waals surface area contributed by atoms with E-state index >= 15 is 0 Å². The molecule has 0 heterocycles. The fourth-order valence-corrected chi connectivity index (χ4v) is 2.56. The second-order valence-electron chi connectivity index (χ2n) is 5.58. The van der Waals surface area contributed by atoms with Gasteiger partial charge >= 0.3 is 6.03 Å². The molecule has 1 aliphatic rings. The number of urea groups is 1. The van der Waals surface area contributed by atoms with Crippen molar-refractivity contribution in [2.45, 2.75) is 51.0 Å². The molecule has 0 spiro atoms. The van der Waals surface area contributed by atoms with Gasteiger partial charge in [0, 0.05) is 19.7 Å². The molecule has 0 aromatic heterocycles. The van der Waals surface area contributed by atoms with Crippen molar-refractivity contribution in [2.24, 2.45) is 0 Å². The molecule has 1 aromatic carbocycles. The molecular formula is C16H24N2O3. The molecule has 0 saturated heterocycles. The average Bonchev–Trinajstić information content (AvgIpc) is 2.49. The Morgan fingerprint density at radius 2 is 1.81 bits per heavy atom. The predicted molar refractivity (Wildman–Crippen MR) is 80.8 cm³/mol. The lowest BCUT2D eigenvalue weighted by Crippen LogP contribution is -2.43. The first-order valence-electron chi connectivity index (χ1n) is 7.46. The zero-order valence-electron chi connectivity index (χ0n) is 12.5. The van der Waals surface area contributed by atoms with E-state index in [4.69, 9.17) is 4.74 Å². The van der Waals surface area contributed by atoms with Gasteiger partial charge in [0.2, 0.25) is 0 Å². The van der Waals surface area contributed by atoms with Crippen LogP contribution in [0.5, 0.6) is 0 Å². The maximum absolute atomic E-state index is 11.8. The maximum atomic E-state index is 11.8. The van der Waals surface area contributed by atoms with Crippen LogP contribution in [0.25, 0.3) is 0 Å². The van der Waals surface area contributed by atoms with E-state index in [1.165, 1.54) is 0 Å². The van der Waals surface area contributed by atoms with Crippen molar-refractivity contribution in [3.8, 4) is 0 Å². The van der Waals surface area contributed by atoms with Crippen molar-refractivity contribution in [3.05, 3.63) is 35.4 Å². The van der Waals surface area contributed by atoms with Crippen LogP contribution in [0.4, 0.5) is 4.79 Å². The van der Waals surface area contributed by atoms with Gasteiger partial charge in [0.05, 0.1) is 12.7 Å². The summed E-state index contributed by atoms with van der Waals surface area (Å²) < 4.78 is 5.06. The van der Waals surface area contributed by atoms with Crippen LogP contribution in [0.3, 0.4) is 0 Å². The van der Waals surface area contributed by atoms with E-state index in [-0.39, 0.29) is 18.2 Å². The van der Waals surface area contributed by atoms with Gasteiger partial charge in [-0.05, 0) is 36.8 Å². The minimum atomic E-state index is -0.197. The SMILES string of the molecule is COCc1ccc(CNC(=O)NC2CCC(O)CC2)cc1. The number of benzene rings is 1. The highest BCUT2D eigenvalue weighted by Gasteiger charge is 2.20. The number of rotatable bonds is 5. The van der Waals surface area contributed by atoms with Gasteiger partial charge in [-0.2, -0.15) is 0 Å². The first kappa shape index (κ1) is 15.8. The Kier molecular flexibility index (Phi) is 6.02. The van der Waals surface area contributed by atoms with Gasteiger partial charge in [0.25, 0.3) is 0 Å². The number of aliphatic hydroxyl groups excluding tert-OH is 1. The van der Waals surface area contributed by atoms with Crippen molar-refractivity contribution < 1.29 is 14.6 Å². The molecule has 0 aliphatic heterocycles. The van der Waals surface area contributed by atoms with E-state index in [9.17, 15) is 9.90 Å². The molecular weight excluding hydrogens is 268 g/mol. The van der Waals surface area contributed by atoms with E-state index in [1.807, 2.05) is 24.3 Å². The van der Waals surface area contributed by atoms with Crippen LogP contribution in [-0.4, -0.2) is 30.4 Å². The second-order valence-corrected chi connectivity index (χ2v) is 5.58. The molecule has 1 fully saturated rings. The van der Waals surface area contributed by atoms with Crippen LogP contribution in [0, 0.1) is 0 Å². The lowest BCUT2D eigenvalue weighted by molar-refractivity contribution is 0.117. The fraction of sp³-hybridized carbons (Fsp3) is 0.562. The first-order valence-corrected chi connectivity index (χ1v) is 7.46. The van der Waals surface area contributed by atoms with Crippen LogP contribution in [-0.2, 0) is 17.9 Å². The summed E-state index contributed by atoms with van der Waals surface area (Å²) in [6.07, 6.45) is 3.04. The number of ether oxygens (including phenoxy) is 1. The smallest absolute Gasteiger partial charge is 0.315 e. The molecule has 21 heavy (non-hydrogen) atoms. The summed E-state index contributed by atoms with van der Waals surface area (Å²) in [5.41, 5.74) is 2.18. The summed E-state index contributed by atoms with van der Waals surface area (Å²) in [5, 5.41) is 15.3. The monoisotopic (exact) mass is 292 g/mol. The zero-order valence-corrected chi connectivity index (χ0v) is 12.5. The molecule has 0 radical (unpaired) electrons. The quantitative estimate of drug-likeness (QED) is 0.776. The molecule has 1 saturated carbocycles. The summed E-state index contributed by atoms with van der Waals surface area (Å²) in [7, 11) is 1.67. The molecule has 1 aromatic rings. The van der Waals surface area contributed by atoms with Gasteiger partial charge in [-0.1, -0.05) is 24.3 Å². The highest BCUT2D eigenvalue weighted by atomic mass is 16.5. The third kappa shape index (κ3) is 5.36. The lowest BCUT2D eigenvalue weighted by atomic mass is 9.93. The Balaban J connectivity index is 1.71. The molecule has 3 N–H and O–H groups in total. The molecule has 116 valence electrons. The summed E-state index contributed by atoms with van der Waals surface area (Å²) >= 11 is 0. The highest BCUT2D eigenvalue weighted by Crippen LogP contribution is 2.18. The van der Waals surface area contributed by atoms with Crippen LogP contribution < -0.4 is 10.6 Å². The summed E-state index contributed by atoms with van der Waals surface area (Å²) in [6, 6.07) is 8.02. The van der Waals surface area contributed by atoms with Gasteiger partial charge in [0.15, 0.2) is 0 Å². The van der Waals surface area contributed by atoms with Crippen LogP contribution >= 0.6 is 0 Å². The van der Waals surface area contributed by atoms with Crippen molar-refractivity contribution in [3.63, 3.8) is 0 Å². The van der Waals surface area contributed by atoms with Crippen LogP contribution in [0.2, 0.25) is 0 Å². The van der Waals surface area contributed by atoms with Crippen molar-refractivity contribution in [1.82, 2.24) is 10.6 Å². The number of aliphatic hydroxyl groups is 1. The number of hydrogen-bond acceptors (Lipinski definition) is 3. The van der Waals surface area contributed by atoms with E-state index in [1.54, 1.807) is 7.11 Å². The van der Waals surface area contributed by atoms with Gasteiger partial charge in [-0.3, -0.25) is 0 Å². The largest absolute Gasteiger partial charge is 0.393 e. The zero-order chi connectivity index (χ0) is 15.1. The Morgan fingerprint density at radius 1 is 1.19 bits per heavy atom. The van der Waals surface area contributed by atoms with Crippen molar-refractivity contribution in [2.75, 3.05) is 7.11 Å². The van der Waals surface area contributed by atoms with Crippen molar-refractivity contribution >= 4 is 6.03 Å². The number of hydrogen-bond donors (Lipinski definition) is 3. The van der Waals surface area contributed by atoms with E-state index in [0.29, 0.717) is 13.2 Å². The molecule has 0 bridgehead atoms. The Bertz CT molecular complexity index is 439. The van der Waals surface area contributed by atoms with Crippen molar-refractivity contribution in [1.29, 1.82) is 0 Å². The van der Waals surface area contributed by atoms with E-state index in [0.717, 1.165) is 36.8 Å². The Labute approximate surface area is 125 Å². The maximum Gasteiger partial charge on any atom is 0.315 e. The summed E-state index contributed by atoms with van der Waals surface area (Å²) in [4.78, 5) is 11.8. The number of carbonyl (C=O) groups excluding carboxylic acids is 1. The molecule has 5 heteroatoms. The van der Waals surface area contributed by atoms with Gasteiger partial charge < -0.3 is 20.5 Å². The third-order valence-electron chi connectivity index (χ3n) is 3.82. The molecule has 0 atom stereocenters. The average molecular weight is 292 g/mol. The molecule has 2 rings (SSSR count). The standard InChI is InChI=1S/C16H24N2O3/c1-21-11-13-4-2-12(3-5-13)10-17-16(20)18-14-6-8-15(19)9-7-14/h2-5,14-15,19H,6-11H2,1H3,(H2,17,18,20). The Morgan fingerprint density at radius 3 is 2.43 bits per heavy atom. The summed E-state index contributed by atoms with van der Waals surface area (Å²) in [6.45, 7) is 1.11. The van der Waals surface area contributed by atoms with E-state index in [2.05, 4.69) is 10.6 Å². The minimum absolute atomic E-state index is 0.141. The van der Waals surface area contributed by atoms with Gasteiger partial charge in [0.1, 0.15) is 0 Å². The van der Waals surface area contributed by atoms with Gasteiger partial charge in [-0.25, -0.2) is 4.79 Å². The van der Waals surface area contributed by atoms with Gasteiger partial charge in [-0.15, -0.1) is 0 Å². The third-order valence-corrected chi connectivity index (χ3v) is 3.82. The number of carbonyl (C=O) groups is 1. The summed E-state index contributed by atoms with van der Waals surface area (Å²) in [5.74, 6) is 0. The Hall–Kier alpha value is -1.59. The molecule has 0 unspecified atom stereocenters. The second kappa shape index (κ2) is 8.00. The predicted octanol–water partition coefficient (Wildman–Crippen LogP) is 1.94. The topological polar surface area (TPSA) is 70.6 Å². The number of amides is 2. The molecule has 1 aliphatic carbocycles. The van der Waals surface area contributed by atoms with Crippen LogP contribution in [0.1, 0.15) is 36.8 Å². The molecule has 5 nitrogen and oxygen atoms in total. The molecule has 2 amide bonds. The van der Waals surface area contributed by atoms with Crippen LogP contribution in [0.15, 0.2) is 24.3 Å². The number of nitrogens with one attached hydrogen (secondary N) is 2. The minimum Gasteiger partial charge on any atom is -0.393 e. The normalized spacial score (nSPS) is 21.8. The first-order chi connectivity index (χ1) is 10.2. The lowest BCUT2D eigenvalue weighted by Gasteiger charge is -2.26. The number of methoxy groups -OCH3 is 1. The van der Waals surface area contributed by atoms with E-state index < -0.39 is 0 Å². The fourth-order valence-electron chi connectivity index (χ4n) is 2.56.